The van der Waals surface area contributed by atoms with Crippen molar-refractivity contribution in [2.45, 2.75) is 19.3 Å². The number of hydrogen-bond donors (Lipinski definition) is 1. The van der Waals surface area contributed by atoms with Crippen molar-refractivity contribution in [1.82, 2.24) is 10.2 Å². The fourth-order valence-corrected chi connectivity index (χ4v) is 3.22. The van der Waals surface area contributed by atoms with Crippen molar-refractivity contribution in [3.8, 4) is 0 Å². The molecule has 2 aromatic carbocycles. The number of aryl methyl sites for hydroxylation is 1. The highest BCUT2D eigenvalue weighted by atomic mass is 35.5. The summed E-state index contributed by atoms with van der Waals surface area (Å²) >= 11 is 6.01. The predicted molar refractivity (Wildman–Crippen MR) is 99.2 cm³/mol. The summed E-state index contributed by atoms with van der Waals surface area (Å²) in [6.07, 6.45) is 1.80. The summed E-state index contributed by atoms with van der Waals surface area (Å²) in [5.74, 6) is -1.02. The minimum atomic E-state index is -0.438. The Morgan fingerprint density at radius 3 is 2.50 bits per heavy atom. The molecule has 0 atom stereocenters. The molecule has 5 nitrogen and oxygen atoms in total. The standard InChI is InChI=1S/C20H19ClN2O3/c21-16-10-4-9-15-18(16)20(26)23(19(15)25)13-11-17(24)22-12-5-8-14-6-2-1-3-7-14/h1-4,6-7,9-10H,5,8,11-13H2,(H,22,24). The van der Waals surface area contributed by atoms with Gasteiger partial charge in [-0.05, 0) is 30.5 Å². The van der Waals surface area contributed by atoms with Crippen molar-refractivity contribution in [2.75, 3.05) is 13.1 Å². The van der Waals surface area contributed by atoms with Gasteiger partial charge in [0.1, 0.15) is 0 Å². The van der Waals surface area contributed by atoms with Crippen LogP contribution in [0.4, 0.5) is 0 Å². The van der Waals surface area contributed by atoms with E-state index in [4.69, 9.17) is 11.6 Å². The van der Waals surface area contributed by atoms with Crippen LogP contribution in [0.2, 0.25) is 5.02 Å². The predicted octanol–water partition coefficient (Wildman–Crippen LogP) is 3.08. The summed E-state index contributed by atoms with van der Waals surface area (Å²) in [6, 6.07) is 14.8. The third kappa shape index (κ3) is 3.94. The van der Waals surface area contributed by atoms with Crippen molar-refractivity contribution in [1.29, 1.82) is 0 Å². The van der Waals surface area contributed by atoms with Gasteiger partial charge in [0.05, 0.1) is 16.1 Å². The van der Waals surface area contributed by atoms with E-state index in [1.54, 1.807) is 18.2 Å². The number of imide groups is 1. The average Bonchev–Trinajstić information content (AvgIpc) is 2.89. The van der Waals surface area contributed by atoms with Crippen molar-refractivity contribution >= 4 is 29.3 Å². The zero-order chi connectivity index (χ0) is 18.5. The molecule has 0 bridgehead atoms. The third-order valence-electron chi connectivity index (χ3n) is 4.32. The van der Waals surface area contributed by atoms with E-state index in [-0.39, 0.29) is 29.5 Å². The molecule has 6 heteroatoms. The van der Waals surface area contributed by atoms with Gasteiger partial charge in [0.15, 0.2) is 0 Å². The van der Waals surface area contributed by atoms with Gasteiger partial charge in [-0.1, -0.05) is 48.0 Å². The molecule has 0 saturated carbocycles. The molecule has 0 fully saturated rings. The highest BCUT2D eigenvalue weighted by Crippen LogP contribution is 2.28. The molecule has 1 N–H and O–H groups in total. The quantitative estimate of drug-likeness (QED) is 0.601. The summed E-state index contributed by atoms with van der Waals surface area (Å²) in [6.45, 7) is 0.606. The van der Waals surface area contributed by atoms with Crippen LogP contribution in [0.15, 0.2) is 48.5 Å². The Labute approximate surface area is 156 Å². The van der Waals surface area contributed by atoms with Crippen LogP contribution in [0.1, 0.15) is 39.1 Å². The molecule has 0 radical (unpaired) electrons. The lowest BCUT2D eigenvalue weighted by Gasteiger charge is -2.13. The number of fused-ring (bicyclic) bond motifs is 1. The molecular formula is C20H19ClN2O3. The summed E-state index contributed by atoms with van der Waals surface area (Å²) in [5, 5.41) is 3.08. The molecule has 3 amide bonds. The molecule has 1 aliphatic heterocycles. The smallest absolute Gasteiger partial charge is 0.263 e. The van der Waals surface area contributed by atoms with Gasteiger partial charge in [0.25, 0.3) is 11.8 Å². The summed E-state index contributed by atoms with van der Waals surface area (Å²) < 4.78 is 0. The second-order valence-corrected chi connectivity index (χ2v) is 6.52. The molecule has 0 aromatic heterocycles. The zero-order valence-corrected chi connectivity index (χ0v) is 15.0. The largest absolute Gasteiger partial charge is 0.356 e. The van der Waals surface area contributed by atoms with Gasteiger partial charge in [-0.25, -0.2) is 0 Å². The fourth-order valence-electron chi connectivity index (χ4n) is 2.96. The number of halogens is 1. The fraction of sp³-hybridized carbons (Fsp3) is 0.250. The minimum absolute atomic E-state index is 0.0488. The Hall–Kier alpha value is -2.66. The molecule has 3 rings (SSSR count). The minimum Gasteiger partial charge on any atom is -0.356 e. The van der Waals surface area contributed by atoms with Gasteiger partial charge in [-0.2, -0.15) is 0 Å². The molecule has 0 aliphatic carbocycles. The van der Waals surface area contributed by atoms with Gasteiger partial charge in [-0.3, -0.25) is 19.3 Å². The maximum absolute atomic E-state index is 12.3. The van der Waals surface area contributed by atoms with E-state index < -0.39 is 11.8 Å². The Morgan fingerprint density at radius 1 is 1.00 bits per heavy atom. The van der Waals surface area contributed by atoms with Gasteiger partial charge < -0.3 is 5.32 Å². The lowest BCUT2D eigenvalue weighted by Crippen LogP contribution is -2.34. The van der Waals surface area contributed by atoms with E-state index in [0.717, 1.165) is 17.7 Å². The molecule has 2 aromatic rings. The molecule has 134 valence electrons. The first-order valence-electron chi connectivity index (χ1n) is 8.53. The Balaban J connectivity index is 1.44. The number of amides is 3. The summed E-state index contributed by atoms with van der Waals surface area (Å²) in [4.78, 5) is 37.7. The molecule has 0 saturated heterocycles. The summed E-state index contributed by atoms with van der Waals surface area (Å²) in [7, 11) is 0. The van der Waals surface area contributed by atoms with E-state index in [9.17, 15) is 14.4 Å². The van der Waals surface area contributed by atoms with E-state index >= 15 is 0 Å². The molecule has 0 unspecified atom stereocenters. The van der Waals surface area contributed by atoms with Gasteiger partial charge in [0, 0.05) is 19.5 Å². The number of hydrogen-bond acceptors (Lipinski definition) is 3. The van der Waals surface area contributed by atoms with Crippen LogP contribution in [0.3, 0.4) is 0 Å². The lowest BCUT2D eigenvalue weighted by atomic mass is 10.1. The number of nitrogens with zero attached hydrogens (tertiary/aromatic N) is 1. The Kier molecular flexibility index (Phi) is 5.68. The molecule has 1 aliphatic rings. The van der Waals surface area contributed by atoms with E-state index in [2.05, 4.69) is 17.4 Å². The maximum Gasteiger partial charge on any atom is 0.263 e. The van der Waals surface area contributed by atoms with Crippen molar-refractivity contribution in [3.05, 3.63) is 70.2 Å². The first kappa shape index (κ1) is 18.1. The number of nitrogens with one attached hydrogen (secondary N) is 1. The highest BCUT2D eigenvalue weighted by molar-refractivity contribution is 6.37. The summed E-state index contributed by atoms with van der Waals surface area (Å²) in [5.41, 5.74) is 1.75. The van der Waals surface area contributed by atoms with Crippen LogP contribution in [0.25, 0.3) is 0 Å². The SMILES string of the molecule is O=C(CCN1C(=O)c2cccc(Cl)c2C1=O)NCCCc1ccccc1. The topological polar surface area (TPSA) is 66.5 Å². The number of carbonyl (C=O) groups is 3. The van der Waals surface area contributed by atoms with E-state index in [1.807, 2.05) is 18.2 Å². The third-order valence-corrected chi connectivity index (χ3v) is 4.63. The van der Waals surface area contributed by atoms with Crippen molar-refractivity contribution in [3.63, 3.8) is 0 Å². The van der Waals surface area contributed by atoms with E-state index in [1.165, 1.54) is 5.56 Å². The van der Waals surface area contributed by atoms with Crippen LogP contribution < -0.4 is 5.32 Å². The van der Waals surface area contributed by atoms with E-state index in [0.29, 0.717) is 12.1 Å². The van der Waals surface area contributed by atoms with Crippen LogP contribution in [0, 0.1) is 0 Å². The molecule has 26 heavy (non-hydrogen) atoms. The van der Waals surface area contributed by atoms with Crippen LogP contribution >= 0.6 is 11.6 Å². The first-order chi connectivity index (χ1) is 12.6. The number of rotatable bonds is 7. The maximum atomic E-state index is 12.3. The molecule has 0 spiro atoms. The zero-order valence-electron chi connectivity index (χ0n) is 14.2. The highest BCUT2D eigenvalue weighted by Gasteiger charge is 2.36. The number of carbonyl (C=O) groups excluding carboxylic acids is 3. The van der Waals surface area contributed by atoms with Gasteiger partial charge >= 0.3 is 0 Å². The Bertz CT molecular complexity index is 836. The van der Waals surface area contributed by atoms with Gasteiger partial charge in [-0.15, -0.1) is 0 Å². The first-order valence-corrected chi connectivity index (χ1v) is 8.91. The molecule has 1 heterocycles. The van der Waals surface area contributed by atoms with Crippen LogP contribution in [0.5, 0.6) is 0 Å². The second kappa shape index (κ2) is 8.15. The van der Waals surface area contributed by atoms with Crippen molar-refractivity contribution in [2.24, 2.45) is 0 Å². The van der Waals surface area contributed by atoms with Crippen LogP contribution in [-0.2, 0) is 11.2 Å². The van der Waals surface area contributed by atoms with Crippen LogP contribution in [-0.4, -0.2) is 35.7 Å². The normalized spacial score (nSPS) is 13.0. The second-order valence-electron chi connectivity index (χ2n) is 6.11. The Morgan fingerprint density at radius 2 is 1.77 bits per heavy atom. The van der Waals surface area contributed by atoms with Crippen molar-refractivity contribution < 1.29 is 14.4 Å². The average molecular weight is 371 g/mol. The van der Waals surface area contributed by atoms with Gasteiger partial charge in [0.2, 0.25) is 5.91 Å². The number of benzene rings is 2. The lowest BCUT2D eigenvalue weighted by molar-refractivity contribution is -0.121. The monoisotopic (exact) mass is 370 g/mol. The molecular weight excluding hydrogens is 352 g/mol.